The van der Waals surface area contributed by atoms with Gasteiger partial charge in [-0.25, -0.2) is 17.9 Å². The fourth-order valence-corrected chi connectivity index (χ4v) is 4.97. The summed E-state index contributed by atoms with van der Waals surface area (Å²) in [6, 6.07) is 21.5. The van der Waals surface area contributed by atoms with Crippen LogP contribution < -0.4 is 20.5 Å². The molecule has 3 aromatic carbocycles. The molecular weight excluding hydrogens is 494 g/mol. The molecule has 0 fully saturated rings. The SMILES string of the molecule is Nc1cc(C(CC(=O)NCCCCc2ccccc2)NS(=O)(=O)c2ccccc2)ccc1OCC(=O)O. The normalized spacial score (nSPS) is 12.0. The standard InChI is InChI=1S/C27H31N3O6S/c28-23-17-21(14-15-25(23)36-19-27(32)33)24(30-37(34,35)22-12-5-2-6-13-22)18-26(31)29-16-8-7-11-20-9-3-1-4-10-20/h1-6,9-10,12-15,17,24,30H,7-8,11,16,18-19,28H2,(H,29,31)(H,32,33). The van der Waals surface area contributed by atoms with Crippen molar-refractivity contribution in [1.29, 1.82) is 0 Å². The Bertz CT molecular complexity index is 1280. The Morgan fingerprint density at radius 3 is 2.27 bits per heavy atom. The Hall–Kier alpha value is -3.89. The number of unbranched alkanes of at least 4 members (excludes halogenated alkanes) is 1. The number of anilines is 1. The summed E-state index contributed by atoms with van der Waals surface area (Å²) in [4.78, 5) is 23.6. The second kappa shape index (κ2) is 13.4. The molecule has 1 unspecified atom stereocenters. The molecule has 1 atom stereocenters. The number of hydrogen-bond donors (Lipinski definition) is 4. The van der Waals surface area contributed by atoms with Crippen LogP contribution in [0, 0.1) is 0 Å². The van der Waals surface area contributed by atoms with Crippen molar-refractivity contribution in [3.63, 3.8) is 0 Å². The Morgan fingerprint density at radius 1 is 0.946 bits per heavy atom. The first-order valence-electron chi connectivity index (χ1n) is 11.9. The van der Waals surface area contributed by atoms with E-state index < -0.39 is 28.6 Å². The van der Waals surface area contributed by atoms with Crippen LogP contribution in [0.15, 0.2) is 83.8 Å². The van der Waals surface area contributed by atoms with Crippen LogP contribution in [0.3, 0.4) is 0 Å². The molecule has 196 valence electrons. The lowest BCUT2D eigenvalue weighted by atomic mass is 10.0. The van der Waals surface area contributed by atoms with Gasteiger partial charge in [-0.05, 0) is 54.7 Å². The van der Waals surface area contributed by atoms with Crippen LogP contribution in [0.5, 0.6) is 5.75 Å². The zero-order valence-electron chi connectivity index (χ0n) is 20.3. The van der Waals surface area contributed by atoms with Crippen molar-refractivity contribution in [3.05, 3.63) is 90.0 Å². The molecule has 0 aromatic heterocycles. The van der Waals surface area contributed by atoms with Gasteiger partial charge in [0.25, 0.3) is 0 Å². The zero-order chi connectivity index (χ0) is 26.7. The summed E-state index contributed by atoms with van der Waals surface area (Å²) in [5.74, 6) is -1.32. The smallest absolute Gasteiger partial charge is 0.341 e. The number of carboxylic acids is 1. The number of nitrogen functional groups attached to an aromatic ring is 1. The van der Waals surface area contributed by atoms with Crippen molar-refractivity contribution in [2.75, 3.05) is 18.9 Å². The van der Waals surface area contributed by atoms with E-state index >= 15 is 0 Å². The topological polar surface area (TPSA) is 148 Å². The number of hydrogen-bond acceptors (Lipinski definition) is 6. The third-order valence-corrected chi connectivity index (χ3v) is 7.07. The van der Waals surface area contributed by atoms with Crippen LogP contribution in [0.25, 0.3) is 0 Å². The highest BCUT2D eigenvalue weighted by Crippen LogP contribution is 2.28. The number of amides is 1. The number of carbonyl (C=O) groups excluding carboxylic acids is 1. The van der Waals surface area contributed by atoms with Crippen LogP contribution in [0.2, 0.25) is 0 Å². The van der Waals surface area contributed by atoms with Crippen LogP contribution >= 0.6 is 0 Å². The molecule has 0 aliphatic rings. The lowest BCUT2D eigenvalue weighted by molar-refractivity contribution is -0.139. The van der Waals surface area contributed by atoms with E-state index in [-0.39, 0.29) is 28.7 Å². The van der Waals surface area contributed by atoms with E-state index in [0.29, 0.717) is 12.1 Å². The first-order chi connectivity index (χ1) is 17.7. The van der Waals surface area contributed by atoms with E-state index in [1.165, 1.54) is 29.8 Å². The number of nitrogens with one attached hydrogen (secondary N) is 2. The summed E-state index contributed by atoms with van der Waals surface area (Å²) in [6.07, 6.45) is 2.44. The molecule has 0 heterocycles. The van der Waals surface area contributed by atoms with E-state index in [1.807, 2.05) is 18.2 Å². The molecule has 0 aliphatic heterocycles. The fraction of sp³-hybridized carbons (Fsp3) is 0.259. The van der Waals surface area contributed by atoms with Gasteiger partial charge in [-0.2, -0.15) is 0 Å². The summed E-state index contributed by atoms with van der Waals surface area (Å²) in [7, 11) is -3.94. The minimum atomic E-state index is -3.94. The highest BCUT2D eigenvalue weighted by molar-refractivity contribution is 7.89. The van der Waals surface area contributed by atoms with Gasteiger partial charge in [0, 0.05) is 13.0 Å². The Morgan fingerprint density at radius 2 is 1.62 bits per heavy atom. The second-order valence-electron chi connectivity index (χ2n) is 8.46. The number of benzene rings is 3. The van der Waals surface area contributed by atoms with Crippen molar-refractivity contribution in [2.45, 2.75) is 36.6 Å². The maximum absolute atomic E-state index is 13.0. The molecule has 0 aliphatic carbocycles. The molecule has 1 amide bonds. The number of carboxylic acid groups (broad SMARTS) is 1. The predicted molar refractivity (Wildman–Crippen MR) is 140 cm³/mol. The molecule has 37 heavy (non-hydrogen) atoms. The van der Waals surface area contributed by atoms with E-state index in [4.69, 9.17) is 15.6 Å². The Labute approximate surface area is 216 Å². The van der Waals surface area contributed by atoms with Gasteiger partial charge in [0.2, 0.25) is 15.9 Å². The molecule has 0 spiro atoms. The third-order valence-electron chi connectivity index (χ3n) is 5.59. The van der Waals surface area contributed by atoms with Gasteiger partial charge in [0.1, 0.15) is 5.75 Å². The van der Waals surface area contributed by atoms with Gasteiger partial charge in [-0.3, -0.25) is 4.79 Å². The minimum Gasteiger partial charge on any atom is -0.480 e. The largest absolute Gasteiger partial charge is 0.480 e. The molecule has 9 nitrogen and oxygen atoms in total. The number of aryl methyl sites for hydroxylation is 1. The maximum atomic E-state index is 13.0. The average molecular weight is 526 g/mol. The molecule has 0 radical (unpaired) electrons. The summed E-state index contributed by atoms with van der Waals surface area (Å²) in [5, 5.41) is 11.7. The van der Waals surface area contributed by atoms with Crippen molar-refractivity contribution < 1.29 is 27.9 Å². The predicted octanol–water partition coefficient (Wildman–Crippen LogP) is 3.28. The van der Waals surface area contributed by atoms with E-state index in [9.17, 15) is 18.0 Å². The molecule has 0 bridgehead atoms. The summed E-state index contributed by atoms with van der Waals surface area (Å²) < 4.78 is 33.7. The maximum Gasteiger partial charge on any atom is 0.341 e. The number of rotatable bonds is 14. The van der Waals surface area contributed by atoms with Crippen molar-refractivity contribution in [1.82, 2.24) is 10.0 Å². The second-order valence-corrected chi connectivity index (χ2v) is 10.2. The van der Waals surface area contributed by atoms with E-state index in [0.717, 1.165) is 19.3 Å². The number of ether oxygens (including phenoxy) is 1. The number of nitrogens with two attached hydrogens (primary N) is 1. The first kappa shape index (κ1) is 27.7. The van der Waals surface area contributed by atoms with Gasteiger partial charge < -0.3 is 20.9 Å². The molecule has 10 heteroatoms. The van der Waals surface area contributed by atoms with Crippen molar-refractivity contribution >= 4 is 27.6 Å². The van der Waals surface area contributed by atoms with Gasteiger partial charge in [0.05, 0.1) is 16.6 Å². The lowest BCUT2D eigenvalue weighted by Gasteiger charge is -2.20. The third kappa shape index (κ3) is 8.93. The molecular formula is C27H31N3O6S. The quantitative estimate of drug-likeness (QED) is 0.186. The fourth-order valence-electron chi connectivity index (χ4n) is 3.72. The van der Waals surface area contributed by atoms with Crippen molar-refractivity contribution in [3.8, 4) is 5.75 Å². The highest BCUT2D eigenvalue weighted by Gasteiger charge is 2.24. The van der Waals surface area contributed by atoms with Crippen LogP contribution in [0.1, 0.15) is 36.4 Å². The Balaban J connectivity index is 1.67. The first-order valence-corrected chi connectivity index (χ1v) is 13.3. The van der Waals surface area contributed by atoms with Gasteiger partial charge in [-0.15, -0.1) is 0 Å². The Kier molecular flexibility index (Phi) is 10.0. The van der Waals surface area contributed by atoms with Crippen LogP contribution in [-0.2, 0) is 26.0 Å². The zero-order valence-corrected chi connectivity index (χ0v) is 21.1. The molecule has 0 saturated heterocycles. The van der Waals surface area contributed by atoms with Crippen LogP contribution in [-0.4, -0.2) is 38.6 Å². The molecule has 3 rings (SSSR count). The van der Waals surface area contributed by atoms with Gasteiger partial charge in [0.15, 0.2) is 6.61 Å². The van der Waals surface area contributed by atoms with Crippen LogP contribution in [0.4, 0.5) is 5.69 Å². The monoisotopic (exact) mass is 525 g/mol. The van der Waals surface area contributed by atoms with E-state index in [2.05, 4.69) is 22.2 Å². The van der Waals surface area contributed by atoms with Gasteiger partial charge in [-0.1, -0.05) is 54.6 Å². The summed E-state index contributed by atoms with van der Waals surface area (Å²) in [6.45, 7) is -0.103. The van der Waals surface area contributed by atoms with E-state index in [1.54, 1.807) is 24.3 Å². The average Bonchev–Trinajstić information content (AvgIpc) is 2.88. The highest BCUT2D eigenvalue weighted by atomic mass is 32.2. The number of sulfonamides is 1. The molecule has 0 saturated carbocycles. The molecule has 3 aromatic rings. The molecule has 5 N–H and O–H groups in total. The summed E-state index contributed by atoms with van der Waals surface area (Å²) in [5.41, 5.74) is 7.82. The lowest BCUT2D eigenvalue weighted by Crippen LogP contribution is -2.34. The number of aliphatic carboxylic acids is 1. The number of carbonyl (C=O) groups is 2. The van der Waals surface area contributed by atoms with Crippen molar-refractivity contribution in [2.24, 2.45) is 0 Å². The summed E-state index contributed by atoms with van der Waals surface area (Å²) >= 11 is 0. The minimum absolute atomic E-state index is 0.0655. The van der Waals surface area contributed by atoms with Gasteiger partial charge >= 0.3 is 5.97 Å².